The third kappa shape index (κ3) is 4.09. The molecule has 0 saturated carbocycles. The summed E-state index contributed by atoms with van der Waals surface area (Å²) in [6.07, 6.45) is 1.46. The lowest BCUT2D eigenvalue weighted by Crippen LogP contribution is -2.12. The highest BCUT2D eigenvalue weighted by Crippen LogP contribution is 2.01. The predicted molar refractivity (Wildman–Crippen MR) is 61.2 cm³/mol. The summed E-state index contributed by atoms with van der Waals surface area (Å²) in [5, 5.41) is 0. The van der Waals surface area contributed by atoms with Crippen LogP contribution in [0, 0.1) is 0 Å². The number of carbonyl (C=O) groups is 2. The molecule has 3 nitrogen and oxygen atoms in total. The Kier molecular flexibility index (Phi) is 4.45. The van der Waals surface area contributed by atoms with Gasteiger partial charge in [0.15, 0.2) is 12.4 Å². The Labute approximate surface area is 94.7 Å². The summed E-state index contributed by atoms with van der Waals surface area (Å²) in [7, 11) is 0. The highest BCUT2D eigenvalue weighted by Gasteiger charge is 2.07. The standard InChI is InChI=1S/C13H14O3/c1-10(2)8-12(14)9-16-13(15)11-6-4-3-5-7-11/h3-8H,9H2,1-2H3. The maximum Gasteiger partial charge on any atom is 0.338 e. The molecule has 0 fully saturated rings. The number of ether oxygens (including phenoxy) is 1. The molecule has 1 aromatic rings. The topological polar surface area (TPSA) is 43.4 Å². The van der Waals surface area contributed by atoms with Crippen LogP contribution in [0.3, 0.4) is 0 Å². The Bertz CT molecular complexity index is 400. The molecule has 0 heterocycles. The predicted octanol–water partition coefficient (Wildman–Crippen LogP) is 2.38. The average Bonchev–Trinajstić information content (AvgIpc) is 2.26. The largest absolute Gasteiger partial charge is 0.454 e. The quantitative estimate of drug-likeness (QED) is 0.575. The van der Waals surface area contributed by atoms with Gasteiger partial charge in [0.05, 0.1) is 5.56 Å². The van der Waals surface area contributed by atoms with Gasteiger partial charge in [-0.25, -0.2) is 4.79 Å². The van der Waals surface area contributed by atoms with Crippen LogP contribution < -0.4 is 0 Å². The van der Waals surface area contributed by atoms with Crippen LogP contribution in [0.4, 0.5) is 0 Å². The Balaban J connectivity index is 2.48. The minimum absolute atomic E-state index is 0.204. The van der Waals surface area contributed by atoms with Gasteiger partial charge in [0.25, 0.3) is 0 Å². The fourth-order valence-electron chi connectivity index (χ4n) is 1.16. The van der Waals surface area contributed by atoms with Gasteiger partial charge in [0.2, 0.25) is 0 Å². The Hall–Kier alpha value is -1.90. The van der Waals surface area contributed by atoms with E-state index < -0.39 is 5.97 Å². The van der Waals surface area contributed by atoms with Gasteiger partial charge in [-0.2, -0.15) is 0 Å². The van der Waals surface area contributed by atoms with Gasteiger partial charge >= 0.3 is 5.97 Å². The molecule has 0 amide bonds. The number of ketones is 1. The van der Waals surface area contributed by atoms with Crippen LogP contribution >= 0.6 is 0 Å². The van der Waals surface area contributed by atoms with Gasteiger partial charge < -0.3 is 4.74 Å². The molecule has 16 heavy (non-hydrogen) atoms. The summed E-state index contributed by atoms with van der Waals surface area (Å²) in [6.45, 7) is 3.42. The molecule has 0 aliphatic carbocycles. The van der Waals surface area contributed by atoms with Crippen molar-refractivity contribution in [2.45, 2.75) is 13.8 Å². The van der Waals surface area contributed by atoms with Crippen molar-refractivity contribution in [2.24, 2.45) is 0 Å². The molecule has 84 valence electrons. The highest BCUT2D eigenvalue weighted by atomic mass is 16.5. The molecule has 1 rings (SSSR count). The van der Waals surface area contributed by atoms with E-state index in [-0.39, 0.29) is 12.4 Å². The van der Waals surface area contributed by atoms with Crippen molar-refractivity contribution in [3.63, 3.8) is 0 Å². The summed E-state index contributed by atoms with van der Waals surface area (Å²) in [6, 6.07) is 8.59. The smallest absolute Gasteiger partial charge is 0.338 e. The summed E-state index contributed by atoms with van der Waals surface area (Å²) < 4.78 is 4.86. The van der Waals surface area contributed by atoms with Crippen LogP contribution in [0.25, 0.3) is 0 Å². The molecular formula is C13H14O3. The van der Waals surface area contributed by atoms with Gasteiger partial charge in [-0.15, -0.1) is 0 Å². The number of benzene rings is 1. The lowest BCUT2D eigenvalue weighted by Gasteiger charge is -2.02. The van der Waals surface area contributed by atoms with Gasteiger partial charge in [-0.1, -0.05) is 23.8 Å². The summed E-state index contributed by atoms with van der Waals surface area (Å²) >= 11 is 0. The molecule has 0 unspecified atom stereocenters. The van der Waals surface area contributed by atoms with Gasteiger partial charge in [0, 0.05) is 0 Å². The number of hydrogen-bond donors (Lipinski definition) is 0. The van der Waals surface area contributed by atoms with E-state index in [1.165, 1.54) is 6.08 Å². The van der Waals surface area contributed by atoms with Crippen molar-refractivity contribution in [3.05, 3.63) is 47.5 Å². The van der Waals surface area contributed by atoms with E-state index in [1.807, 2.05) is 19.9 Å². The number of hydrogen-bond acceptors (Lipinski definition) is 3. The number of carbonyl (C=O) groups excluding carboxylic acids is 2. The van der Waals surface area contributed by atoms with E-state index in [9.17, 15) is 9.59 Å². The second-order valence-corrected chi connectivity index (χ2v) is 3.63. The minimum atomic E-state index is -0.476. The molecule has 0 bridgehead atoms. The molecule has 0 aliphatic rings. The van der Waals surface area contributed by atoms with Crippen LogP contribution in [-0.2, 0) is 9.53 Å². The van der Waals surface area contributed by atoms with Crippen molar-refractivity contribution in [2.75, 3.05) is 6.61 Å². The van der Waals surface area contributed by atoms with Crippen LogP contribution in [0.15, 0.2) is 42.0 Å². The molecule has 3 heteroatoms. The van der Waals surface area contributed by atoms with Gasteiger partial charge in [-0.05, 0) is 32.1 Å². The van der Waals surface area contributed by atoms with E-state index in [4.69, 9.17) is 4.74 Å². The van der Waals surface area contributed by atoms with Crippen molar-refractivity contribution in [1.29, 1.82) is 0 Å². The van der Waals surface area contributed by atoms with Crippen LogP contribution in [-0.4, -0.2) is 18.4 Å². The zero-order chi connectivity index (χ0) is 12.0. The molecular weight excluding hydrogens is 204 g/mol. The first kappa shape index (κ1) is 12.2. The Morgan fingerprint density at radius 3 is 2.38 bits per heavy atom. The fraction of sp³-hybridized carbons (Fsp3) is 0.231. The summed E-state index contributed by atoms with van der Waals surface area (Å²) in [4.78, 5) is 22.7. The van der Waals surface area contributed by atoms with E-state index in [0.717, 1.165) is 5.57 Å². The molecule has 1 aromatic carbocycles. The maximum absolute atomic E-state index is 11.4. The number of esters is 1. The van der Waals surface area contributed by atoms with Crippen molar-refractivity contribution >= 4 is 11.8 Å². The van der Waals surface area contributed by atoms with Crippen molar-refractivity contribution in [3.8, 4) is 0 Å². The second-order valence-electron chi connectivity index (χ2n) is 3.63. The Morgan fingerprint density at radius 2 is 1.81 bits per heavy atom. The second kappa shape index (κ2) is 5.85. The molecule has 0 radical (unpaired) electrons. The molecule has 0 N–H and O–H groups in total. The van der Waals surface area contributed by atoms with E-state index >= 15 is 0 Å². The van der Waals surface area contributed by atoms with Crippen molar-refractivity contribution in [1.82, 2.24) is 0 Å². The van der Waals surface area contributed by atoms with Crippen LogP contribution in [0.5, 0.6) is 0 Å². The van der Waals surface area contributed by atoms with E-state index in [0.29, 0.717) is 5.56 Å². The summed E-state index contributed by atoms with van der Waals surface area (Å²) in [5.41, 5.74) is 1.34. The molecule has 0 atom stereocenters. The first-order chi connectivity index (χ1) is 7.59. The zero-order valence-electron chi connectivity index (χ0n) is 9.40. The summed E-state index contributed by atoms with van der Waals surface area (Å²) in [5.74, 6) is -0.680. The molecule has 0 saturated heterocycles. The third-order valence-corrected chi connectivity index (χ3v) is 1.80. The monoisotopic (exact) mass is 218 g/mol. The van der Waals surface area contributed by atoms with E-state index in [2.05, 4.69) is 0 Å². The Morgan fingerprint density at radius 1 is 1.19 bits per heavy atom. The van der Waals surface area contributed by atoms with Crippen molar-refractivity contribution < 1.29 is 14.3 Å². The molecule has 0 spiro atoms. The third-order valence-electron chi connectivity index (χ3n) is 1.80. The van der Waals surface area contributed by atoms with Gasteiger partial charge in [0.1, 0.15) is 0 Å². The molecule has 0 aromatic heterocycles. The molecule has 0 aliphatic heterocycles. The first-order valence-corrected chi connectivity index (χ1v) is 4.99. The van der Waals surface area contributed by atoms with Gasteiger partial charge in [-0.3, -0.25) is 4.79 Å². The lowest BCUT2D eigenvalue weighted by atomic mass is 10.2. The highest BCUT2D eigenvalue weighted by molar-refractivity contribution is 5.95. The number of rotatable bonds is 4. The number of allylic oxidation sites excluding steroid dienone is 1. The van der Waals surface area contributed by atoms with E-state index in [1.54, 1.807) is 24.3 Å². The van der Waals surface area contributed by atoms with Crippen LogP contribution in [0.1, 0.15) is 24.2 Å². The zero-order valence-corrected chi connectivity index (χ0v) is 9.40. The SMILES string of the molecule is CC(C)=CC(=O)COC(=O)c1ccccc1. The first-order valence-electron chi connectivity index (χ1n) is 4.99. The minimum Gasteiger partial charge on any atom is -0.454 e. The maximum atomic E-state index is 11.4. The average molecular weight is 218 g/mol. The normalized spacial score (nSPS) is 9.38. The lowest BCUT2D eigenvalue weighted by molar-refractivity contribution is -0.117. The fourth-order valence-corrected chi connectivity index (χ4v) is 1.16. The van der Waals surface area contributed by atoms with Crippen LogP contribution in [0.2, 0.25) is 0 Å².